The number of hydrogen-bond donors (Lipinski definition) is 1. The van der Waals surface area contributed by atoms with Crippen molar-refractivity contribution in [3.05, 3.63) is 64.7 Å². The monoisotopic (exact) mass is 288 g/mol. The van der Waals surface area contributed by atoms with Gasteiger partial charge in [0.05, 0.1) is 5.56 Å². The van der Waals surface area contributed by atoms with Gasteiger partial charge in [0.2, 0.25) is 0 Å². The Kier molecular flexibility index (Phi) is 4.51. The molecule has 2 aromatic rings. The Hall–Kier alpha value is -2.45. The third-order valence-electron chi connectivity index (χ3n) is 3.03. The largest absolute Gasteiger partial charge is 0.486 e. The fourth-order valence-corrected chi connectivity index (χ4v) is 1.83. The second kappa shape index (κ2) is 6.33. The second-order valence-corrected chi connectivity index (χ2v) is 4.69. The highest BCUT2D eigenvalue weighted by Gasteiger charge is 2.08. The molecule has 0 amide bonds. The van der Waals surface area contributed by atoms with Gasteiger partial charge in [-0.15, -0.1) is 0 Å². The number of nitriles is 1. The van der Waals surface area contributed by atoms with Crippen LogP contribution in [0, 0.1) is 23.0 Å². The van der Waals surface area contributed by atoms with Crippen LogP contribution in [0.3, 0.4) is 0 Å². The van der Waals surface area contributed by atoms with Gasteiger partial charge in [-0.05, 0) is 42.3 Å². The molecule has 2 N–H and O–H groups in total. The summed E-state index contributed by atoms with van der Waals surface area (Å²) >= 11 is 0. The standard InChI is InChI=1S/C16H14F2N2O/c1-10(20)12-3-5-16(15(18)7-12)21-9-11-2-4-14(17)13(6-11)8-19/h2-7,10H,9,20H2,1H3. The van der Waals surface area contributed by atoms with Crippen molar-refractivity contribution in [3.63, 3.8) is 0 Å². The van der Waals surface area contributed by atoms with Gasteiger partial charge in [-0.2, -0.15) is 5.26 Å². The first-order valence-corrected chi connectivity index (χ1v) is 6.37. The predicted molar refractivity (Wildman–Crippen MR) is 74.4 cm³/mol. The van der Waals surface area contributed by atoms with Crippen LogP contribution in [0.15, 0.2) is 36.4 Å². The van der Waals surface area contributed by atoms with Gasteiger partial charge in [0.1, 0.15) is 18.5 Å². The summed E-state index contributed by atoms with van der Waals surface area (Å²) in [5, 5.41) is 8.75. The number of nitrogens with two attached hydrogens (primary N) is 1. The molecule has 0 aliphatic heterocycles. The van der Waals surface area contributed by atoms with Crippen LogP contribution >= 0.6 is 0 Å². The van der Waals surface area contributed by atoms with Crippen molar-refractivity contribution in [2.45, 2.75) is 19.6 Å². The Morgan fingerprint density at radius 1 is 1.19 bits per heavy atom. The molecule has 0 radical (unpaired) electrons. The highest BCUT2D eigenvalue weighted by atomic mass is 19.1. The Bertz CT molecular complexity index is 693. The van der Waals surface area contributed by atoms with Crippen LogP contribution in [0.1, 0.15) is 29.7 Å². The molecule has 1 unspecified atom stereocenters. The van der Waals surface area contributed by atoms with Gasteiger partial charge >= 0.3 is 0 Å². The lowest BCUT2D eigenvalue weighted by Crippen LogP contribution is -2.06. The maximum absolute atomic E-state index is 13.8. The van der Waals surface area contributed by atoms with E-state index >= 15 is 0 Å². The van der Waals surface area contributed by atoms with Gasteiger partial charge in [-0.25, -0.2) is 8.78 Å². The lowest BCUT2D eigenvalue weighted by molar-refractivity contribution is 0.290. The van der Waals surface area contributed by atoms with E-state index < -0.39 is 11.6 Å². The molecule has 0 saturated heterocycles. The zero-order chi connectivity index (χ0) is 15.4. The summed E-state index contributed by atoms with van der Waals surface area (Å²) in [5.74, 6) is -1.01. The number of benzene rings is 2. The molecule has 3 nitrogen and oxygen atoms in total. The van der Waals surface area contributed by atoms with Crippen LogP contribution in [0.2, 0.25) is 0 Å². The van der Waals surface area contributed by atoms with Crippen LogP contribution < -0.4 is 10.5 Å². The number of ether oxygens (including phenoxy) is 1. The predicted octanol–water partition coefficient (Wildman–Crippen LogP) is 3.44. The van der Waals surface area contributed by atoms with Crippen molar-refractivity contribution in [2.75, 3.05) is 0 Å². The number of rotatable bonds is 4. The Balaban J connectivity index is 2.12. The van der Waals surface area contributed by atoms with Gasteiger partial charge in [0.15, 0.2) is 11.6 Å². The molecule has 2 aromatic carbocycles. The van der Waals surface area contributed by atoms with Gasteiger partial charge in [-0.3, -0.25) is 0 Å². The van der Waals surface area contributed by atoms with Crippen LogP contribution in [0.25, 0.3) is 0 Å². The lowest BCUT2D eigenvalue weighted by atomic mass is 10.1. The van der Waals surface area contributed by atoms with Gasteiger partial charge in [0, 0.05) is 6.04 Å². The molecule has 0 fully saturated rings. The first-order chi connectivity index (χ1) is 10.0. The van der Waals surface area contributed by atoms with E-state index in [1.54, 1.807) is 19.1 Å². The molecule has 0 bridgehead atoms. The summed E-state index contributed by atoms with van der Waals surface area (Å²) in [7, 11) is 0. The van der Waals surface area contributed by atoms with Crippen LogP contribution in [0.4, 0.5) is 8.78 Å². The van der Waals surface area contributed by atoms with Crippen LogP contribution in [-0.2, 0) is 6.61 Å². The molecule has 2 rings (SSSR count). The maximum atomic E-state index is 13.8. The molecular weight excluding hydrogens is 274 g/mol. The minimum atomic E-state index is -0.589. The smallest absolute Gasteiger partial charge is 0.165 e. The van der Waals surface area contributed by atoms with E-state index in [0.29, 0.717) is 11.1 Å². The molecule has 0 aliphatic rings. The fraction of sp³-hybridized carbons (Fsp3) is 0.188. The second-order valence-electron chi connectivity index (χ2n) is 4.69. The van der Waals surface area contributed by atoms with Gasteiger partial charge in [0.25, 0.3) is 0 Å². The average Bonchev–Trinajstić information content (AvgIpc) is 2.47. The Morgan fingerprint density at radius 2 is 1.95 bits per heavy atom. The molecule has 5 heteroatoms. The zero-order valence-electron chi connectivity index (χ0n) is 11.4. The van der Waals surface area contributed by atoms with Crippen LogP contribution in [-0.4, -0.2) is 0 Å². The van der Waals surface area contributed by atoms with Crippen molar-refractivity contribution in [2.24, 2.45) is 5.73 Å². The average molecular weight is 288 g/mol. The number of nitrogens with zero attached hydrogens (tertiary/aromatic N) is 1. The van der Waals surface area contributed by atoms with Crippen molar-refractivity contribution < 1.29 is 13.5 Å². The van der Waals surface area contributed by atoms with Gasteiger partial charge < -0.3 is 10.5 Å². The van der Waals surface area contributed by atoms with Gasteiger partial charge in [-0.1, -0.05) is 12.1 Å². The molecule has 21 heavy (non-hydrogen) atoms. The minimum Gasteiger partial charge on any atom is -0.486 e. The summed E-state index contributed by atoms with van der Waals surface area (Å²) in [5.41, 5.74) is 6.87. The molecule has 0 spiro atoms. The third kappa shape index (κ3) is 3.56. The molecule has 1 atom stereocenters. The summed E-state index contributed by atoms with van der Waals surface area (Å²) in [6.07, 6.45) is 0. The topological polar surface area (TPSA) is 59.0 Å². The molecule has 0 aliphatic carbocycles. The van der Waals surface area contributed by atoms with E-state index in [0.717, 1.165) is 0 Å². The normalized spacial score (nSPS) is 11.8. The van der Waals surface area contributed by atoms with E-state index in [-0.39, 0.29) is 24.0 Å². The quantitative estimate of drug-likeness (QED) is 0.937. The highest BCUT2D eigenvalue weighted by molar-refractivity contribution is 5.35. The van der Waals surface area contributed by atoms with Crippen molar-refractivity contribution in [1.29, 1.82) is 5.26 Å². The number of hydrogen-bond acceptors (Lipinski definition) is 3. The zero-order valence-corrected chi connectivity index (χ0v) is 11.4. The highest BCUT2D eigenvalue weighted by Crippen LogP contribution is 2.22. The molecule has 108 valence electrons. The van der Waals surface area contributed by atoms with E-state index in [2.05, 4.69) is 0 Å². The summed E-state index contributed by atoms with van der Waals surface area (Å²) in [6.45, 7) is 1.81. The summed E-state index contributed by atoms with van der Waals surface area (Å²) in [6, 6.07) is 10.1. The van der Waals surface area contributed by atoms with Crippen molar-refractivity contribution in [3.8, 4) is 11.8 Å². The molecular formula is C16H14F2N2O. The van der Waals surface area contributed by atoms with E-state index in [9.17, 15) is 8.78 Å². The van der Waals surface area contributed by atoms with Crippen molar-refractivity contribution in [1.82, 2.24) is 0 Å². The maximum Gasteiger partial charge on any atom is 0.165 e. The third-order valence-corrected chi connectivity index (χ3v) is 3.03. The first-order valence-electron chi connectivity index (χ1n) is 6.37. The minimum absolute atomic E-state index is 0.0450. The first kappa shape index (κ1) is 14.9. The lowest BCUT2D eigenvalue weighted by Gasteiger charge is -2.10. The molecule has 0 saturated carbocycles. The Morgan fingerprint density at radius 3 is 2.57 bits per heavy atom. The van der Waals surface area contributed by atoms with E-state index in [1.165, 1.54) is 30.3 Å². The molecule has 0 aromatic heterocycles. The summed E-state index contributed by atoms with van der Waals surface area (Å²) < 4.78 is 32.4. The van der Waals surface area contributed by atoms with E-state index in [4.69, 9.17) is 15.7 Å². The SMILES string of the molecule is CC(N)c1ccc(OCc2ccc(F)c(C#N)c2)c(F)c1. The summed E-state index contributed by atoms with van der Waals surface area (Å²) in [4.78, 5) is 0. The van der Waals surface area contributed by atoms with Crippen LogP contribution in [0.5, 0.6) is 5.75 Å². The van der Waals surface area contributed by atoms with Crippen molar-refractivity contribution >= 4 is 0 Å². The fourth-order valence-electron chi connectivity index (χ4n) is 1.83. The number of halogens is 2. The van der Waals surface area contributed by atoms with E-state index in [1.807, 2.05) is 0 Å². The Labute approximate surface area is 121 Å². The molecule has 0 heterocycles.